The fraction of sp³-hybridized carbons (Fsp3) is 0.190. The van der Waals surface area contributed by atoms with E-state index in [0.717, 1.165) is 15.8 Å². The molecule has 0 saturated heterocycles. The zero-order valence-corrected chi connectivity index (χ0v) is 15.8. The second kappa shape index (κ2) is 8.04. The Kier molecular flexibility index (Phi) is 5.54. The fourth-order valence-corrected chi connectivity index (χ4v) is 2.75. The quantitative estimate of drug-likeness (QED) is 0.735. The lowest BCUT2D eigenvalue weighted by molar-refractivity contribution is -0.122. The second-order valence-corrected chi connectivity index (χ2v) is 6.52. The van der Waals surface area contributed by atoms with Gasteiger partial charge in [0.05, 0.1) is 5.69 Å². The number of carbonyl (C=O) groups excluding carboxylic acids is 1. The van der Waals surface area contributed by atoms with Crippen LogP contribution in [0.4, 0.5) is 10.1 Å². The average Bonchev–Trinajstić information content (AvgIpc) is 2.63. The first kappa shape index (κ1) is 19.3. The van der Waals surface area contributed by atoms with Crippen LogP contribution in [0.2, 0.25) is 0 Å². The molecule has 0 aliphatic heterocycles. The summed E-state index contributed by atoms with van der Waals surface area (Å²) in [6, 6.07) is 13.7. The zero-order valence-electron chi connectivity index (χ0n) is 15.8. The molecule has 1 aromatic heterocycles. The molecule has 144 valence electrons. The molecule has 1 N–H and O–H groups in total. The molecule has 0 radical (unpaired) electrons. The van der Waals surface area contributed by atoms with Crippen molar-refractivity contribution in [2.24, 2.45) is 0 Å². The second-order valence-electron chi connectivity index (χ2n) is 6.52. The van der Waals surface area contributed by atoms with Crippen molar-refractivity contribution in [2.75, 3.05) is 5.32 Å². The summed E-state index contributed by atoms with van der Waals surface area (Å²) in [5, 5.41) is 6.91. The van der Waals surface area contributed by atoms with Crippen molar-refractivity contribution in [3.8, 4) is 11.6 Å². The molecule has 0 spiro atoms. The van der Waals surface area contributed by atoms with Gasteiger partial charge in [0.1, 0.15) is 5.82 Å². The van der Waals surface area contributed by atoms with E-state index in [2.05, 4.69) is 10.4 Å². The number of amides is 1. The van der Waals surface area contributed by atoms with Gasteiger partial charge in [-0.25, -0.2) is 4.39 Å². The van der Waals surface area contributed by atoms with Crippen molar-refractivity contribution in [3.63, 3.8) is 0 Å². The summed E-state index contributed by atoms with van der Waals surface area (Å²) in [6.45, 7) is 5.49. The van der Waals surface area contributed by atoms with Crippen LogP contribution >= 0.6 is 0 Å². The normalized spacial score (nSPS) is 11.7. The third-order valence-corrected chi connectivity index (χ3v) is 4.00. The minimum atomic E-state index is -0.840. The van der Waals surface area contributed by atoms with Crippen LogP contribution in [0.3, 0.4) is 0 Å². The maximum absolute atomic E-state index is 13.1. The van der Waals surface area contributed by atoms with Crippen LogP contribution in [-0.4, -0.2) is 21.8 Å². The molecule has 3 rings (SSSR count). The lowest BCUT2D eigenvalue weighted by atomic mass is 10.1. The summed E-state index contributed by atoms with van der Waals surface area (Å²) in [6.07, 6.45) is -0.840. The molecule has 0 aliphatic carbocycles. The summed E-state index contributed by atoms with van der Waals surface area (Å²) in [5.74, 6) is -0.654. The summed E-state index contributed by atoms with van der Waals surface area (Å²) in [7, 11) is 0. The Hall–Kier alpha value is -3.48. The number of nitrogens with zero attached hydrogens (tertiary/aromatic N) is 2. The number of rotatable bonds is 5. The number of anilines is 1. The molecule has 1 amide bonds. The van der Waals surface area contributed by atoms with Crippen LogP contribution in [0.15, 0.2) is 59.4 Å². The van der Waals surface area contributed by atoms with Crippen molar-refractivity contribution in [1.29, 1.82) is 0 Å². The van der Waals surface area contributed by atoms with Crippen LogP contribution in [-0.2, 0) is 4.79 Å². The standard InChI is InChI=1S/C21H20FN3O3/c1-13-10-14(2)12-17(11-13)23-21(27)15(3)28-19-8-9-20(26)25(24-19)18-6-4-16(22)5-7-18/h4-12,15H,1-3H3,(H,23,27). The summed E-state index contributed by atoms with van der Waals surface area (Å²) in [5.41, 5.74) is 2.76. The first-order valence-electron chi connectivity index (χ1n) is 8.74. The van der Waals surface area contributed by atoms with Crippen molar-refractivity contribution < 1.29 is 13.9 Å². The topological polar surface area (TPSA) is 73.2 Å². The van der Waals surface area contributed by atoms with Gasteiger partial charge in [0.2, 0.25) is 5.88 Å². The number of aryl methyl sites for hydroxylation is 2. The highest BCUT2D eigenvalue weighted by Crippen LogP contribution is 2.15. The molecule has 3 aromatic rings. The summed E-state index contributed by atoms with van der Waals surface area (Å²) in [4.78, 5) is 24.5. The number of ether oxygens (including phenoxy) is 1. The van der Waals surface area contributed by atoms with Gasteiger partial charge in [-0.05, 0) is 68.3 Å². The van der Waals surface area contributed by atoms with Crippen LogP contribution < -0.4 is 15.6 Å². The third kappa shape index (κ3) is 4.62. The first-order chi connectivity index (χ1) is 13.3. The van der Waals surface area contributed by atoms with Gasteiger partial charge in [0, 0.05) is 17.8 Å². The number of carbonyl (C=O) groups is 1. The van der Waals surface area contributed by atoms with Crippen molar-refractivity contribution in [3.05, 3.63) is 81.9 Å². The number of hydrogen-bond acceptors (Lipinski definition) is 4. The highest BCUT2D eigenvalue weighted by molar-refractivity contribution is 5.94. The molecule has 1 unspecified atom stereocenters. The molecule has 6 nitrogen and oxygen atoms in total. The molecule has 0 aliphatic rings. The van der Waals surface area contributed by atoms with E-state index in [4.69, 9.17) is 4.74 Å². The van der Waals surface area contributed by atoms with Crippen molar-refractivity contribution >= 4 is 11.6 Å². The molecule has 28 heavy (non-hydrogen) atoms. The molecule has 1 atom stereocenters. The maximum Gasteiger partial charge on any atom is 0.271 e. The minimum Gasteiger partial charge on any atom is -0.463 e. The number of nitrogens with one attached hydrogen (secondary N) is 1. The van der Waals surface area contributed by atoms with Gasteiger partial charge in [-0.3, -0.25) is 9.59 Å². The predicted molar refractivity (Wildman–Crippen MR) is 104 cm³/mol. The number of benzene rings is 2. The van der Waals surface area contributed by atoms with Gasteiger partial charge in [-0.1, -0.05) is 6.07 Å². The summed E-state index contributed by atoms with van der Waals surface area (Å²) >= 11 is 0. The van der Waals surface area contributed by atoms with Crippen LogP contribution in [0.25, 0.3) is 5.69 Å². The van der Waals surface area contributed by atoms with Gasteiger partial charge < -0.3 is 10.1 Å². The highest BCUT2D eigenvalue weighted by atomic mass is 19.1. The molecule has 1 heterocycles. The monoisotopic (exact) mass is 381 g/mol. The molecule has 0 bridgehead atoms. The van der Waals surface area contributed by atoms with Crippen LogP contribution in [0.1, 0.15) is 18.1 Å². The van der Waals surface area contributed by atoms with E-state index in [0.29, 0.717) is 11.4 Å². The predicted octanol–water partition coefficient (Wildman–Crippen LogP) is 3.39. The first-order valence-corrected chi connectivity index (χ1v) is 8.74. The van der Waals surface area contributed by atoms with E-state index in [1.807, 2.05) is 32.0 Å². The van der Waals surface area contributed by atoms with E-state index < -0.39 is 17.5 Å². The fourth-order valence-electron chi connectivity index (χ4n) is 2.75. The third-order valence-electron chi connectivity index (χ3n) is 4.00. The van der Waals surface area contributed by atoms with Gasteiger partial charge in [-0.2, -0.15) is 4.68 Å². The Balaban J connectivity index is 1.75. The van der Waals surface area contributed by atoms with E-state index in [9.17, 15) is 14.0 Å². The zero-order chi connectivity index (χ0) is 20.3. The van der Waals surface area contributed by atoms with Crippen molar-refractivity contribution in [1.82, 2.24) is 9.78 Å². The molecular weight excluding hydrogens is 361 g/mol. The Labute approximate surface area is 161 Å². The van der Waals surface area contributed by atoms with Gasteiger partial charge in [0.25, 0.3) is 11.5 Å². The van der Waals surface area contributed by atoms with Crippen LogP contribution in [0, 0.1) is 19.7 Å². The Morgan fingerprint density at radius 3 is 2.36 bits per heavy atom. The lowest BCUT2D eigenvalue weighted by Crippen LogP contribution is -2.31. The van der Waals surface area contributed by atoms with E-state index in [1.165, 1.54) is 36.4 Å². The van der Waals surface area contributed by atoms with Gasteiger partial charge >= 0.3 is 0 Å². The highest BCUT2D eigenvalue weighted by Gasteiger charge is 2.16. The number of halogens is 1. The molecular formula is C21H20FN3O3. The van der Waals surface area contributed by atoms with E-state index in [1.54, 1.807) is 6.92 Å². The Morgan fingerprint density at radius 2 is 1.71 bits per heavy atom. The largest absolute Gasteiger partial charge is 0.463 e. The molecule has 2 aromatic carbocycles. The lowest BCUT2D eigenvalue weighted by Gasteiger charge is -2.15. The van der Waals surface area contributed by atoms with Crippen LogP contribution in [0.5, 0.6) is 5.88 Å². The maximum atomic E-state index is 13.1. The number of aromatic nitrogens is 2. The SMILES string of the molecule is Cc1cc(C)cc(NC(=O)C(C)Oc2ccc(=O)n(-c3ccc(F)cc3)n2)c1. The average molecular weight is 381 g/mol. The summed E-state index contributed by atoms with van der Waals surface area (Å²) < 4.78 is 19.8. The molecule has 0 fully saturated rings. The molecule has 0 saturated carbocycles. The Morgan fingerprint density at radius 1 is 1.07 bits per heavy atom. The molecule has 7 heteroatoms. The Bertz CT molecular complexity index is 1040. The van der Waals surface area contributed by atoms with Gasteiger partial charge in [0.15, 0.2) is 6.10 Å². The number of hydrogen-bond donors (Lipinski definition) is 1. The van der Waals surface area contributed by atoms with E-state index in [-0.39, 0.29) is 11.8 Å². The minimum absolute atomic E-state index is 0.104. The smallest absolute Gasteiger partial charge is 0.271 e. The van der Waals surface area contributed by atoms with Crippen molar-refractivity contribution in [2.45, 2.75) is 26.9 Å². The van der Waals surface area contributed by atoms with Gasteiger partial charge in [-0.15, -0.1) is 5.10 Å². The van der Waals surface area contributed by atoms with E-state index >= 15 is 0 Å².